The van der Waals surface area contributed by atoms with E-state index in [1.807, 2.05) is 37.4 Å². The number of hydrogen-bond donors (Lipinski definition) is 0. The number of aromatic nitrogens is 1. The summed E-state index contributed by atoms with van der Waals surface area (Å²) in [6, 6.07) is 11.4. The standard InChI is InChI=1S/C17H20N2O2/c1-14(20)16-5-3-4-6-17(16)21-12-11-19(2)13-15-7-9-18-10-8-15/h3-10H,11-13H2,1-2H3. The largest absolute Gasteiger partial charge is 0.491 e. The molecule has 21 heavy (non-hydrogen) atoms. The zero-order chi connectivity index (χ0) is 15.1. The molecule has 0 amide bonds. The van der Waals surface area contributed by atoms with E-state index in [-0.39, 0.29) is 5.78 Å². The van der Waals surface area contributed by atoms with Gasteiger partial charge in [-0.25, -0.2) is 0 Å². The summed E-state index contributed by atoms with van der Waals surface area (Å²) in [4.78, 5) is 17.7. The number of benzene rings is 1. The number of nitrogens with zero attached hydrogens (tertiary/aromatic N) is 2. The maximum Gasteiger partial charge on any atom is 0.163 e. The summed E-state index contributed by atoms with van der Waals surface area (Å²) in [5, 5.41) is 0. The van der Waals surface area contributed by atoms with Crippen molar-refractivity contribution in [2.75, 3.05) is 20.2 Å². The Kier molecular flexibility index (Phi) is 5.46. The minimum atomic E-state index is 0.0238. The first-order valence-corrected chi connectivity index (χ1v) is 6.97. The van der Waals surface area contributed by atoms with Crippen LogP contribution in [-0.2, 0) is 6.54 Å². The molecule has 2 rings (SSSR count). The van der Waals surface area contributed by atoms with Crippen molar-refractivity contribution in [3.8, 4) is 5.75 Å². The van der Waals surface area contributed by atoms with Gasteiger partial charge >= 0.3 is 0 Å². The van der Waals surface area contributed by atoms with Crippen LogP contribution >= 0.6 is 0 Å². The average molecular weight is 284 g/mol. The summed E-state index contributed by atoms with van der Waals surface area (Å²) in [6.45, 7) is 3.73. The summed E-state index contributed by atoms with van der Waals surface area (Å²) in [5.41, 5.74) is 1.85. The predicted octanol–water partition coefficient (Wildman–Crippen LogP) is 2.80. The lowest BCUT2D eigenvalue weighted by Crippen LogP contribution is -2.24. The molecule has 0 atom stereocenters. The van der Waals surface area contributed by atoms with Gasteiger partial charge in [-0.05, 0) is 43.8 Å². The van der Waals surface area contributed by atoms with E-state index >= 15 is 0 Å². The lowest BCUT2D eigenvalue weighted by Gasteiger charge is -2.17. The van der Waals surface area contributed by atoms with Gasteiger partial charge in [0.05, 0.1) is 5.56 Å². The number of ether oxygens (including phenoxy) is 1. The zero-order valence-electron chi connectivity index (χ0n) is 12.5. The van der Waals surface area contributed by atoms with Gasteiger partial charge in [0.25, 0.3) is 0 Å². The Hall–Kier alpha value is -2.20. The molecular formula is C17H20N2O2. The van der Waals surface area contributed by atoms with Gasteiger partial charge in [0, 0.05) is 25.5 Å². The van der Waals surface area contributed by atoms with Gasteiger partial charge in [-0.15, -0.1) is 0 Å². The van der Waals surface area contributed by atoms with Gasteiger partial charge in [-0.2, -0.15) is 0 Å². The highest BCUT2D eigenvalue weighted by Gasteiger charge is 2.07. The number of ketones is 1. The minimum absolute atomic E-state index is 0.0238. The number of carbonyl (C=O) groups excluding carboxylic acids is 1. The molecule has 0 aliphatic heterocycles. The van der Waals surface area contributed by atoms with E-state index in [0.29, 0.717) is 17.9 Å². The molecule has 0 aliphatic carbocycles. The molecule has 0 bridgehead atoms. The smallest absolute Gasteiger partial charge is 0.163 e. The van der Waals surface area contributed by atoms with Crippen LogP contribution in [0.3, 0.4) is 0 Å². The number of carbonyl (C=O) groups is 1. The van der Waals surface area contributed by atoms with Crippen LogP contribution in [0.25, 0.3) is 0 Å². The fourth-order valence-corrected chi connectivity index (χ4v) is 2.07. The van der Waals surface area contributed by atoms with Gasteiger partial charge in [0.15, 0.2) is 5.78 Å². The summed E-state index contributed by atoms with van der Waals surface area (Å²) < 4.78 is 5.73. The molecule has 0 saturated heterocycles. The highest BCUT2D eigenvalue weighted by molar-refractivity contribution is 5.96. The zero-order valence-corrected chi connectivity index (χ0v) is 12.5. The van der Waals surface area contributed by atoms with Crippen LogP contribution in [0.4, 0.5) is 0 Å². The number of likely N-dealkylation sites (N-methyl/N-ethyl adjacent to an activating group) is 1. The molecule has 0 radical (unpaired) electrons. The molecule has 2 aromatic rings. The summed E-state index contributed by atoms with van der Waals surface area (Å²) >= 11 is 0. The molecule has 1 aromatic heterocycles. The van der Waals surface area contributed by atoms with Crippen LogP contribution in [0.2, 0.25) is 0 Å². The Balaban J connectivity index is 1.83. The molecule has 0 saturated carbocycles. The van der Waals surface area contributed by atoms with Crippen molar-refractivity contribution in [2.24, 2.45) is 0 Å². The van der Waals surface area contributed by atoms with E-state index in [1.54, 1.807) is 25.4 Å². The maximum absolute atomic E-state index is 11.5. The van der Waals surface area contributed by atoms with E-state index in [4.69, 9.17) is 4.74 Å². The second-order valence-electron chi connectivity index (χ2n) is 4.99. The summed E-state index contributed by atoms with van der Waals surface area (Å²) in [7, 11) is 2.04. The van der Waals surface area contributed by atoms with Crippen molar-refractivity contribution in [3.63, 3.8) is 0 Å². The Bertz CT molecular complexity index is 584. The molecule has 1 heterocycles. The lowest BCUT2D eigenvalue weighted by molar-refractivity contribution is 0.101. The van der Waals surface area contributed by atoms with Crippen molar-refractivity contribution in [3.05, 3.63) is 59.9 Å². The second kappa shape index (κ2) is 7.55. The Morgan fingerprint density at radius 3 is 2.62 bits per heavy atom. The van der Waals surface area contributed by atoms with Crippen LogP contribution in [0.5, 0.6) is 5.75 Å². The van der Waals surface area contributed by atoms with Gasteiger partial charge in [-0.3, -0.25) is 14.7 Å². The lowest BCUT2D eigenvalue weighted by atomic mass is 10.1. The van der Waals surface area contributed by atoms with Gasteiger partial charge < -0.3 is 4.74 Å². The van der Waals surface area contributed by atoms with Crippen LogP contribution in [0, 0.1) is 0 Å². The number of rotatable bonds is 7. The molecule has 4 nitrogen and oxygen atoms in total. The van der Waals surface area contributed by atoms with E-state index in [9.17, 15) is 4.79 Å². The van der Waals surface area contributed by atoms with Crippen LogP contribution < -0.4 is 4.74 Å². The number of hydrogen-bond acceptors (Lipinski definition) is 4. The SMILES string of the molecule is CC(=O)c1ccccc1OCCN(C)Cc1ccncc1. The average Bonchev–Trinajstić information content (AvgIpc) is 2.48. The molecule has 110 valence electrons. The summed E-state index contributed by atoms with van der Waals surface area (Å²) in [5.74, 6) is 0.679. The first kappa shape index (κ1) is 15.2. The van der Waals surface area contributed by atoms with Crippen molar-refractivity contribution in [1.82, 2.24) is 9.88 Å². The molecular weight excluding hydrogens is 264 g/mol. The molecule has 0 fully saturated rings. The highest BCUT2D eigenvalue weighted by atomic mass is 16.5. The molecule has 1 aromatic carbocycles. The molecule has 0 spiro atoms. The minimum Gasteiger partial charge on any atom is -0.491 e. The normalized spacial score (nSPS) is 10.6. The number of para-hydroxylation sites is 1. The fourth-order valence-electron chi connectivity index (χ4n) is 2.07. The number of Topliss-reactive ketones (excluding diaryl/α,β-unsaturated/α-hetero) is 1. The van der Waals surface area contributed by atoms with Crippen LogP contribution in [0.15, 0.2) is 48.8 Å². The van der Waals surface area contributed by atoms with E-state index in [2.05, 4.69) is 9.88 Å². The van der Waals surface area contributed by atoms with E-state index in [1.165, 1.54) is 5.56 Å². The second-order valence-corrected chi connectivity index (χ2v) is 4.99. The molecule has 0 unspecified atom stereocenters. The monoisotopic (exact) mass is 284 g/mol. The first-order chi connectivity index (χ1) is 10.2. The van der Waals surface area contributed by atoms with Crippen LogP contribution in [0.1, 0.15) is 22.8 Å². The third kappa shape index (κ3) is 4.68. The van der Waals surface area contributed by atoms with Crippen molar-refractivity contribution >= 4 is 5.78 Å². The van der Waals surface area contributed by atoms with Crippen molar-refractivity contribution in [1.29, 1.82) is 0 Å². The Morgan fingerprint density at radius 2 is 1.90 bits per heavy atom. The highest BCUT2D eigenvalue weighted by Crippen LogP contribution is 2.18. The first-order valence-electron chi connectivity index (χ1n) is 6.97. The van der Waals surface area contributed by atoms with Crippen molar-refractivity contribution in [2.45, 2.75) is 13.5 Å². The third-order valence-electron chi connectivity index (χ3n) is 3.20. The molecule has 0 aliphatic rings. The molecule has 4 heteroatoms. The predicted molar refractivity (Wildman–Crippen MR) is 82.5 cm³/mol. The topological polar surface area (TPSA) is 42.4 Å². The van der Waals surface area contributed by atoms with Gasteiger partial charge in [-0.1, -0.05) is 12.1 Å². The maximum atomic E-state index is 11.5. The number of pyridine rings is 1. The Labute approximate surface area is 125 Å². The van der Waals surface area contributed by atoms with Crippen molar-refractivity contribution < 1.29 is 9.53 Å². The van der Waals surface area contributed by atoms with E-state index < -0.39 is 0 Å². The summed E-state index contributed by atoms with van der Waals surface area (Å²) in [6.07, 6.45) is 3.59. The fraction of sp³-hybridized carbons (Fsp3) is 0.294. The van der Waals surface area contributed by atoms with E-state index in [0.717, 1.165) is 13.1 Å². The van der Waals surface area contributed by atoms with Gasteiger partial charge in [0.1, 0.15) is 12.4 Å². The molecule has 0 N–H and O–H groups in total. The third-order valence-corrected chi connectivity index (χ3v) is 3.20. The Morgan fingerprint density at radius 1 is 1.19 bits per heavy atom. The van der Waals surface area contributed by atoms with Crippen LogP contribution in [-0.4, -0.2) is 35.9 Å². The quantitative estimate of drug-likeness (QED) is 0.733. The van der Waals surface area contributed by atoms with Gasteiger partial charge in [0.2, 0.25) is 0 Å².